The molecule has 0 saturated heterocycles. The van der Waals surface area contributed by atoms with Crippen LogP contribution in [0.15, 0.2) is 30.5 Å². The highest BCUT2D eigenvalue weighted by Gasteiger charge is 2.28. The van der Waals surface area contributed by atoms with Crippen LogP contribution in [0.25, 0.3) is 11.3 Å². The lowest BCUT2D eigenvalue weighted by atomic mass is 10.0. The van der Waals surface area contributed by atoms with E-state index < -0.39 is 0 Å². The van der Waals surface area contributed by atoms with Gasteiger partial charge in [0.1, 0.15) is 5.82 Å². The zero-order chi connectivity index (χ0) is 15.5. The number of rotatable bonds is 4. The van der Waals surface area contributed by atoms with Crippen molar-refractivity contribution in [3.63, 3.8) is 0 Å². The average molecular weight is 302 g/mol. The number of H-pyrrole nitrogens is 1. The number of aromatic amines is 1. The van der Waals surface area contributed by atoms with Gasteiger partial charge in [-0.2, -0.15) is 5.10 Å². The molecule has 4 N–H and O–H groups in total. The molecule has 22 heavy (non-hydrogen) atoms. The number of nitrogens with two attached hydrogens (primary N) is 1. The first-order valence-corrected chi connectivity index (χ1v) is 7.50. The van der Waals surface area contributed by atoms with Crippen LogP contribution >= 0.6 is 0 Å². The maximum Gasteiger partial charge on any atom is 0.255 e. The summed E-state index contributed by atoms with van der Waals surface area (Å²) in [5, 5.41) is 9.63. The van der Waals surface area contributed by atoms with Gasteiger partial charge in [0.2, 0.25) is 0 Å². The van der Waals surface area contributed by atoms with E-state index in [1.54, 1.807) is 18.2 Å². The summed E-state index contributed by atoms with van der Waals surface area (Å²) >= 11 is 0. The van der Waals surface area contributed by atoms with E-state index in [2.05, 4.69) is 15.5 Å². The molecular weight excluding hydrogens is 283 g/mol. The first-order chi connectivity index (χ1) is 10.7. The van der Waals surface area contributed by atoms with Crippen molar-refractivity contribution in [2.24, 2.45) is 11.7 Å². The molecule has 6 heteroatoms. The van der Waals surface area contributed by atoms with Crippen molar-refractivity contribution < 1.29 is 9.18 Å². The molecule has 1 fully saturated rings. The minimum Gasteiger partial charge on any atom is -0.349 e. The smallest absolute Gasteiger partial charge is 0.255 e. The fourth-order valence-corrected chi connectivity index (χ4v) is 3.08. The third-order valence-electron chi connectivity index (χ3n) is 4.31. The number of nitrogens with zero attached hydrogens (tertiary/aromatic N) is 1. The van der Waals surface area contributed by atoms with Gasteiger partial charge in [-0.25, -0.2) is 4.39 Å². The Morgan fingerprint density at radius 2 is 2.23 bits per heavy atom. The Kier molecular flexibility index (Phi) is 4.20. The summed E-state index contributed by atoms with van der Waals surface area (Å²) in [4.78, 5) is 12.5. The second-order valence-corrected chi connectivity index (χ2v) is 5.65. The van der Waals surface area contributed by atoms with Crippen LogP contribution in [0.1, 0.15) is 29.6 Å². The molecule has 3 rings (SSSR count). The summed E-state index contributed by atoms with van der Waals surface area (Å²) in [6, 6.07) is 6.40. The second-order valence-electron chi connectivity index (χ2n) is 5.65. The van der Waals surface area contributed by atoms with Crippen LogP contribution in [0.5, 0.6) is 0 Å². The van der Waals surface area contributed by atoms with Crippen molar-refractivity contribution in [3.05, 3.63) is 41.8 Å². The van der Waals surface area contributed by atoms with Gasteiger partial charge in [0, 0.05) is 11.6 Å². The summed E-state index contributed by atoms with van der Waals surface area (Å²) < 4.78 is 13.9. The molecule has 1 aliphatic carbocycles. The van der Waals surface area contributed by atoms with E-state index in [4.69, 9.17) is 5.73 Å². The fraction of sp³-hybridized carbons (Fsp3) is 0.375. The zero-order valence-electron chi connectivity index (χ0n) is 12.2. The Bertz CT molecular complexity index is 670. The lowest BCUT2D eigenvalue weighted by Gasteiger charge is -2.19. The standard InChI is InChI=1S/C16H19FN4O/c17-13-6-2-1-5-11(13)15-12(9-19-21-15)16(22)20-14-7-3-4-10(14)8-18/h1-2,5-6,9-10,14H,3-4,7-8,18H2,(H,19,21)(H,20,22). The third kappa shape index (κ3) is 2.74. The average Bonchev–Trinajstić information content (AvgIpc) is 3.16. The number of hydrogen-bond acceptors (Lipinski definition) is 3. The Balaban J connectivity index is 1.83. The van der Waals surface area contributed by atoms with Gasteiger partial charge >= 0.3 is 0 Å². The first kappa shape index (κ1) is 14.7. The number of carbonyl (C=O) groups is 1. The lowest BCUT2D eigenvalue weighted by Crippen LogP contribution is -2.39. The molecule has 5 nitrogen and oxygen atoms in total. The molecule has 1 heterocycles. The second kappa shape index (κ2) is 6.27. The fourth-order valence-electron chi connectivity index (χ4n) is 3.08. The van der Waals surface area contributed by atoms with Gasteiger partial charge in [-0.15, -0.1) is 0 Å². The number of nitrogens with one attached hydrogen (secondary N) is 2. The van der Waals surface area contributed by atoms with E-state index in [0.29, 0.717) is 29.3 Å². The normalized spacial score (nSPS) is 21.0. The van der Waals surface area contributed by atoms with Crippen molar-refractivity contribution in [1.29, 1.82) is 0 Å². The number of hydrogen-bond donors (Lipinski definition) is 3. The highest BCUT2D eigenvalue weighted by Crippen LogP contribution is 2.27. The molecule has 2 aromatic rings. The molecule has 1 aromatic carbocycles. The monoisotopic (exact) mass is 302 g/mol. The first-order valence-electron chi connectivity index (χ1n) is 7.50. The van der Waals surface area contributed by atoms with Crippen LogP contribution in [0, 0.1) is 11.7 Å². The number of carbonyl (C=O) groups excluding carboxylic acids is 1. The molecule has 1 aliphatic rings. The minimum atomic E-state index is -0.387. The molecule has 0 spiro atoms. The van der Waals surface area contributed by atoms with Gasteiger partial charge in [0.15, 0.2) is 0 Å². The van der Waals surface area contributed by atoms with E-state index in [1.165, 1.54) is 12.3 Å². The van der Waals surface area contributed by atoms with E-state index >= 15 is 0 Å². The highest BCUT2D eigenvalue weighted by atomic mass is 19.1. The van der Waals surface area contributed by atoms with Crippen LogP contribution in [-0.2, 0) is 0 Å². The maximum absolute atomic E-state index is 13.9. The van der Waals surface area contributed by atoms with E-state index in [-0.39, 0.29) is 17.8 Å². The molecule has 0 radical (unpaired) electrons. The minimum absolute atomic E-state index is 0.0841. The zero-order valence-corrected chi connectivity index (χ0v) is 12.2. The molecule has 2 unspecified atom stereocenters. The van der Waals surface area contributed by atoms with E-state index in [0.717, 1.165) is 19.3 Å². The van der Waals surface area contributed by atoms with Gasteiger partial charge < -0.3 is 11.1 Å². The molecule has 0 aliphatic heterocycles. The van der Waals surface area contributed by atoms with Crippen molar-refractivity contribution in [2.75, 3.05) is 6.54 Å². The van der Waals surface area contributed by atoms with Crippen LogP contribution in [-0.4, -0.2) is 28.7 Å². The summed E-state index contributed by atoms with van der Waals surface area (Å²) in [7, 11) is 0. The molecule has 0 bridgehead atoms. The molecular formula is C16H19FN4O. The van der Waals surface area contributed by atoms with Crippen LogP contribution < -0.4 is 11.1 Å². The van der Waals surface area contributed by atoms with Crippen molar-refractivity contribution in [3.8, 4) is 11.3 Å². The predicted molar refractivity (Wildman–Crippen MR) is 81.6 cm³/mol. The topological polar surface area (TPSA) is 83.8 Å². The maximum atomic E-state index is 13.9. The summed E-state index contributed by atoms with van der Waals surface area (Å²) in [5.41, 5.74) is 6.84. The quantitative estimate of drug-likeness (QED) is 0.808. The van der Waals surface area contributed by atoms with E-state index in [9.17, 15) is 9.18 Å². The molecule has 116 valence electrons. The summed E-state index contributed by atoms with van der Waals surface area (Å²) in [5.74, 6) is -0.313. The number of amides is 1. The SMILES string of the molecule is NCC1CCCC1NC(=O)c1cn[nH]c1-c1ccccc1F. The van der Waals surface area contributed by atoms with Crippen molar-refractivity contribution in [1.82, 2.24) is 15.5 Å². The van der Waals surface area contributed by atoms with Crippen LogP contribution in [0.3, 0.4) is 0 Å². The van der Waals surface area contributed by atoms with Gasteiger partial charge in [0.05, 0.1) is 17.5 Å². The number of aromatic nitrogens is 2. The Hall–Kier alpha value is -2.21. The Labute approximate surface area is 128 Å². The highest BCUT2D eigenvalue weighted by molar-refractivity contribution is 5.99. The lowest BCUT2D eigenvalue weighted by molar-refractivity contribution is 0.0929. The van der Waals surface area contributed by atoms with Crippen LogP contribution in [0.4, 0.5) is 4.39 Å². The Morgan fingerprint density at radius 3 is 3.00 bits per heavy atom. The molecule has 1 aromatic heterocycles. The molecule has 1 saturated carbocycles. The predicted octanol–water partition coefficient (Wildman–Crippen LogP) is 2.07. The van der Waals surface area contributed by atoms with Gasteiger partial charge in [0.25, 0.3) is 5.91 Å². The summed E-state index contributed by atoms with van der Waals surface area (Å²) in [6.45, 7) is 0.566. The Morgan fingerprint density at radius 1 is 1.41 bits per heavy atom. The van der Waals surface area contributed by atoms with Crippen LogP contribution in [0.2, 0.25) is 0 Å². The van der Waals surface area contributed by atoms with Gasteiger partial charge in [-0.1, -0.05) is 18.6 Å². The van der Waals surface area contributed by atoms with Crippen molar-refractivity contribution >= 4 is 5.91 Å². The molecule has 2 atom stereocenters. The van der Waals surface area contributed by atoms with Gasteiger partial charge in [-0.3, -0.25) is 9.89 Å². The van der Waals surface area contributed by atoms with E-state index in [1.807, 2.05) is 0 Å². The number of halogens is 1. The largest absolute Gasteiger partial charge is 0.349 e. The third-order valence-corrected chi connectivity index (χ3v) is 4.31. The number of benzene rings is 1. The van der Waals surface area contributed by atoms with Crippen molar-refractivity contribution in [2.45, 2.75) is 25.3 Å². The van der Waals surface area contributed by atoms with Gasteiger partial charge in [-0.05, 0) is 37.4 Å². The summed E-state index contributed by atoms with van der Waals surface area (Å²) in [6.07, 6.45) is 4.47. The molecule has 1 amide bonds.